The van der Waals surface area contributed by atoms with E-state index >= 15 is 0 Å². The van der Waals surface area contributed by atoms with Crippen molar-refractivity contribution in [2.75, 3.05) is 7.05 Å². The average molecular weight is 273 g/mol. The van der Waals surface area contributed by atoms with Crippen LogP contribution in [0.3, 0.4) is 0 Å². The van der Waals surface area contributed by atoms with Gasteiger partial charge in [0.2, 0.25) is 0 Å². The summed E-state index contributed by atoms with van der Waals surface area (Å²) in [5.74, 6) is 1.02. The van der Waals surface area contributed by atoms with E-state index in [0.29, 0.717) is 6.04 Å². The number of thiophene rings is 1. The van der Waals surface area contributed by atoms with Gasteiger partial charge in [-0.05, 0) is 33.0 Å². The summed E-state index contributed by atoms with van der Waals surface area (Å²) in [6, 6.07) is 11.0. The third-order valence-corrected chi connectivity index (χ3v) is 4.77. The highest BCUT2D eigenvalue weighted by Crippen LogP contribution is 2.42. The zero-order valence-electron chi connectivity index (χ0n) is 11.6. The molecule has 2 aromatic rings. The van der Waals surface area contributed by atoms with E-state index in [1.165, 1.54) is 20.9 Å². The summed E-state index contributed by atoms with van der Waals surface area (Å²) in [5, 5.41) is 3.41. The molecule has 0 spiro atoms. The molecule has 2 heterocycles. The Morgan fingerprint density at radius 2 is 2.00 bits per heavy atom. The van der Waals surface area contributed by atoms with Crippen LogP contribution in [-0.2, 0) is 0 Å². The first-order chi connectivity index (χ1) is 9.19. The van der Waals surface area contributed by atoms with E-state index in [1.54, 1.807) is 0 Å². The fourth-order valence-electron chi connectivity index (χ4n) is 2.85. The van der Waals surface area contributed by atoms with Crippen LogP contribution >= 0.6 is 11.3 Å². The molecule has 19 heavy (non-hydrogen) atoms. The molecule has 1 aromatic carbocycles. The Labute approximate surface area is 118 Å². The molecule has 1 N–H and O–H groups in total. The molecule has 0 saturated heterocycles. The molecule has 100 valence electrons. The van der Waals surface area contributed by atoms with Crippen LogP contribution in [0.5, 0.6) is 5.75 Å². The van der Waals surface area contributed by atoms with Crippen LogP contribution in [0.4, 0.5) is 0 Å². The normalized spacial score (nSPS) is 21.8. The molecule has 0 saturated carbocycles. The van der Waals surface area contributed by atoms with Crippen LogP contribution in [0.25, 0.3) is 0 Å². The van der Waals surface area contributed by atoms with E-state index in [4.69, 9.17) is 4.74 Å². The van der Waals surface area contributed by atoms with Crippen LogP contribution in [0, 0.1) is 13.8 Å². The molecule has 1 aliphatic heterocycles. The highest BCUT2D eigenvalue weighted by Gasteiger charge is 2.29. The fourth-order valence-corrected chi connectivity index (χ4v) is 3.83. The molecule has 1 aromatic heterocycles. The quantitative estimate of drug-likeness (QED) is 0.887. The van der Waals surface area contributed by atoms with Crippen molar-refractivity contribution in [1.29, 1.82) is 0 Å². The Morgan fingerprint density at radius 3 is 2.68 bits per heavy atom. The van der Waals surface area contributed by atoms with Gasteiger partial charge in [0.1, 0.15) is 11.9 Å². The lowest BCUT2D eigenvalue weighted by Crippen LogP contribution is -2.26. The van der Waals surface area contributed by atoms with Gasteiger partial charge in [-0.25, -0.2) is 0 Å². The molecule has 2 atom stereocenters. The topological polar surface area (TPSA) is 21.3 Å². The van der Waals surface area contributed by atoms with E-state index in [0.717, 1.165) is 12.2 Å². The van der Waals surface area contributed by atoms with Crippen LogP contribution in [0.2, 0.25) is 0 Å². The SMILES string of the molecule is CNC1CC(c2cc(C)sc2C)Oc2ccccc21. The van der Waals surface area contributed by atoms with Gasteiger partial charge >= 0.3 is 0 Å². The highest BCUT2D eigenvalue weighted by molar-refractivity contribution is 7.12. The van der Waals surface area contributed by atoms with Gasteiger partial charge in [0.15, 0.2) is 0 Å². The Bertz CT molecular complexity index is 590. The number of para-hydroxylation sites is 1. The number of hydrogen-bond donors (Lipinski definition) is 1. The predicted octanol–water partition coefficient (Wildman–Crippen LogP) is 4.15. The number of nitrogens with one attached hydrogen (secondary N) is 1. The summed E-state index contributed by atoms with van der Waals surface area (Å²) in [7, 11) is 2.02. The van der Waals surface area contributed by atoms with E-state index in [9.17, 15) is 0 Å². The average Bonchev–Trinajstić information content (AvgIpc) is 2.76. The molecular weight excluding hydrogens is 254 g/mol. The molecule has 1 aliphatic rings. The maximum Gasteiger partial charge on any atom is 0.127 e. The number of rotatable bonds is 2. The summed E-state index contributed by atoms with van der Waals surface area (Å²) in [6.07, 6.45) is 1.15. The molecule has 3 rings (SSSR count). The Hall–Kier alpha value is -1.32. The minimum atomic E-state index is 0.164. The lowest BCUT2D eigenvalue weighted by atomic mass is 9.93. The number of hydrogen-bond acceptors (Lipinski definition) is 3. The molecule has 0 radical (unpaired) electrons. The maximum atomic E-state index is 6.21. The molecule has 2 nitrogen and oxygen atoms in total. The van der Waals surface area contributed by atoms with Gasteiger partial charge in [-0.3, -0.25) is 0 Å². The second kappa shape index (κ2) is 4.99. The minimum Gasteiger partial charge on any atom is -0.485 e. The van der Waals surface area contributed by atoms with Crippen molar-refractivity contribution < 1.29 is 4.74 Å². The smallest absolute Gasteiger partial charge is 0.127 e. The number of ether oxygens (including phenoxy) is 1. The Morgan fingerprint density at radius 1 is 1.21 bits per heavy atom. The number of fused-ring (bicyclic) bond motifs is 1. The Kier molecular flexibility index (Phi) is 3.33. The summed E-state index contributed by atoms with van der Waals surface area (Å²) in [5.41, 5.74) is 2.61. The third kappa shape index (κ3) is 2.28. The van der Waals surface area contributed by atoms with Crippen molar-refractivity contribution in [2.24, 2.45) is 0 Å². The van der Waals surface area contributed by atoms with Gasteiger partial charge in [-0.15, -0.1) is 11.3 Å². The summed E-state index contributed by atoms with van der Waals surface area (Å²) < 4.78 is 6.21. The Balaban J connectivity index is 1.97. The third-order valence-electron chi connectivity index (χ3n) is 3.79. The van der Waals surface area contributed by atoms with Crippen molar-refractivity contribution in [3.63, 3.8) is 0 Å². The first-order valence-electron chi connectivity index (χ1n) is 6.69. The van der Waals surface area contributed by atoms with E-state index in [1.807, 2.05) is 24.5 Å². The van der Waals surface area contributed by atoms with Crippen molar-refractivity contribution in [1.82, 2.24) is 5.32 Å². The van der Waals surface area contributed by atoms with Gasteiger partial charge in [0.05, 0.1) is 0 Å². The van der Waals surface area contributed by atoms with Gasteiger partial charge in [-0.2, -0.15) is 0 Å². The van der Waals surface area contributed by atoms with E-state index in [2.05, 4.69) is 43.4 Å². The first kappa shape index (κ1) is 12.7. The molecule has 2 unspecified atom stereocenters. The maximum absolute atomic E-state index is 6.21. The van der Waals surface area contributed by atoms with Crippen LogP contribution < -0.4 is 10.1 Å². The molecular formula is C16H19NOS. The standard InChI is InChI=1S/C16H19NOS/c1-10-8-13(11(2)19-10)16-9-14(17-3)12-6-4-5-7-15(12)18-16/h4-8,14,16-17H,9H2,1-3H3. The summed E-state index contributed by atoms with van der Waals surface area (Å²) in [4.78, 5) is 2.73. The largest absolute Gasteiger partial charge is 0.485 e. The predicted molar refractivity (Wildman–Crippen MR) is 80.0 cm³/mol. The minimum absolute atomic E-state index is 0.164. The highest BCUT2D eigenvalue weighted by atomic mass is 32.1. The zero-order valence-corrected chi connectivity index (χ0v) is 12.4. The molecule has 0 fully saturated rings. The zero-order chi connectivity index (χ0) is 13.4. The lowest BCUT2D eigenvalue weighted by Gasteiger charge is -2.32. The second-order valence-corrected chi connectivity index (χ2v) is 6.55. The number of benzene rings is 1. The monoisotopic (exact) mass is 273 g/mol. The molecule has 0 bridgehead atoms. The second-order valence-electron chi connectivity index (χ2n) is 5.09. The number of aryl methyl sites for hydroxylation is 2. The van der Waals surface area contributed by atoms with Crippen LogP contribution in [0.15, 0.2) is 30.3 Å². The van der Waals surface area contributed by atoms with Crippen molar-refractivity contribution >= 4 is 11.3 Å². The van der Waals surface area contributed by atoms with Gasteiger partial charge in [-0.1, -0.05) is 18.2 Å². The van der Waals surface area contributed by atoms with Crippen LogP contribution in [-0.4, -0.2) is 7.05 Å². The molecule has 0 amide bonds. The van der Waals surface area contributed by atoms with E-state index < -0.39 is 0 Å². The van der Waals surface area contributed by atoms with Gasteiger partial charge < -0.3 is 10.1 Å². The summed E-state index contributed by atoms with van der Waals surface area (Å²) >= 11 is 1.85. The molecule has 3 heteroatoms. The van der Waals surface area contributed by atoms with Gasteiger partial charge in [0, 0.05) is 33.3 Å². The van der Waals surface area contributed by atoms with Gasteiger partial charge in [0.25, 0.3) is 0 Å². The lowest BCUT2D eigenvalue weighted by molar-refractivity contribution is 0.154. The van der Waals surface area contributed by atoms with Crippen molar-refractivity contribution in [3.8, 4) is 5.75 Å². The van der Waals surface area contributed by atoms with Crippen LogP contribution in [0.1, 0.15) is 39.4 Å². The fraction of sp³-hybridized carbons (Fsp3) is 0.375. The van der Waals surface area contributed by atoms with Crippen molar-refractivity contribution in [3.05, 3.63) is 51.2 Å². The summed E-state index contributed by atoms with van der Waals surface area (Å²) in [6.45, 7) is 4.35. The molecule has 0 aliphatic carbocycles. The van der Waals surface area contributed by atoms with E-state index in [-0.39, 0.29) is 6.10 Å². The first-order valence-corrected chi connectivity index (χ1v) is 7.50. The van der Waals surface area contributed by atoms with Crippen molar-refractivity contribution in [2.45, 2.75) is 32.4 Å².